The van der Waals surface area contributed by atoms with Crippen molar-refractivity contribution in [2.24, 2.45) is 11.3 Å². The van der Waals surface area contributed by atoms with Gasteiger partial charge in [0, 0.05) is 0 Å². The van der Waals surface area contributed by atoms with Crippen molar-refractivity contribution in [3.05, 3.63) is 54.1 Å². The summed E-state index contributed by atoms with van der Waals surface area (Å²) in [5.41, 5.74) is 3.35. The van der Waals surface area contributed by atoms with Gasteiger partial charge in [-0.3, -0.25) is 0 Å². The zero-order chi connectivity index (χ0) is 9.60. The largest absolute Gasteiger partial charge is 0.0805 e. The maximum Gasteiger partial charge on any atom is -0.0000302 e. The van der Waals surface area contributed by atoms with Crippen molar-refractivity contribution >= 4 is 5.57 Å². The molecule has 2 aliphatic rings. The van der Waals surface area contributed by atoms with E-state index in [4.69, 9.17) is 0 Å². The van der Waals surface area contributed by atoms with E-state index in [0.29, 0.717) is 5.41 Å². The number of hydrogen-bond donors (Lipinski definition) is 0. The third kappa shape index (κ3) is 1.00. The lowest BCUT2D eigenvalue weighted by molar-refractivity contribution is 0.714. The van der Waals surface area contributed by atoms with Gasteiger partial charge in [0.05, 0.1) is 0 Å². The van der Waals surface area contributed by atoms with Gasteiger partial charge in [-0.1, -0.05) is 55.5 Å². The lowest BCUT2D eigenvalue weighted by atomic mass is 9.86. The van der Waals surface area contributed by atoms with Crippen molar-refractivity contribution in [1.29, 1.82) is 0 Å². The number of fused-ring (bicyclic) bond motifs is 1. The highest BCUT2D eigenvalue weighted by atomic mass is 14.5. The number of benzene rings is 1. The van der Waals surface area contributed by atoms with E-state index in [2.05, 4.69) is 55.5 Å². The van der Waals surface area contributed by atoms with Crippen LogP contribution in [0.25, 0.3) is 5.57 Å². The molecule has 0 heterocycles. The van der Waals surface area contributed by atoms with Crippen LogP contribution in [0, 0.1) is 11.3 Å². The van der Waals surface area contributed by atoms with Crippen LogP contribution in [0.4, 0.5) is 0 Å². The molecule has 1 aromatic carbocycles. The minimum atomic E-state index is 0.441. The monoisotopic (exact) mass is 182 g/mol. The molecule has 0 spiro atoms. The van der Waals surface area contributed by atoms with Gasteiger partial charge in [0.25, 0.3) is 0 Å². The van der Waals surface area contributed by atoms with Crippen molar-refractivity contribution in [1.82, 2.24) is 0 Å². The summed E-state index contributed by atoms with van der Waals surface area (Å²) in [7, 11) is 0. The first kappa shape index (κ1) is 8.05. The minimum Gasteiger partial charge on any atom is -0.0805 e. The second-order valence-corrected chi connectivity index (χ2v) is 4.56. The van der Waals surface area contributed by atoms with Crippen LogP contribution >= 0.6 is 0 Å². The quantitative estimate of drug-likeness (QED) is 0.621. The predicted molar refractivity (Wildman–Crippen MR) is 59.8 cm³/mol. The second kappa shape index (κ2) is 2.60. The number of hydrogen-bond acceptors (Lipinski definition) is 0. The smallest absolute Gasteiger partial charge is 0.0000302 e. The van der Waals surface area contributed by atoms with E-state index in [1.54, 1.807) is 0 Å². The third-order valence-electron chi connectivity index (χ3n) is 3.61. The normalized spacial score (nSPS) is 33.5. The maximum atomic E-state index is 2.38. The third-order valence-corrected chi connectivity index (χ3v) is 3.61. The fourth-order valence-corrected chi connectivity index (χ4v) is 2.51. The van der Waals surface area contributed by atoms with E-state index in [-0.39, 0.29) is 0 Å². The molecular formula is C14H14. The Bertz CT molecular complexity index is 411. The summed E-state index contributed by atoms with van der Waals surface area (Å²) in [6.45, 7) is 2.38. The molecule has 0 amide bonds. The van der Waals surface area contributed by atoms with Gasteiger partial charge >= 0.3 is 0 Å². The van der Waals surface area contributed by atoms with Gasteiger partial charge in [-0.2, -0.15) is 0 Å². The summed E-state index contributed by atoms with van der Waals surface area (Å²) in [4.78, 5) is 0. The van der Waals surface area contributed by atoms with Gasteiger partial charge in [0.1, 0.15) is 0 Å². The maximum absolute atomic E-state index is 2.38. The molecule has 0 bridgehead atoms. The summed E-state index contributed by atoms with van der Waals surface area (Å²) < 4.78 is 0. The standard InChI is InChI=1S/C14H14/c1-14-10-12(14)8-5-9-13(14)11-6-3-2-4-7-11/h2-9,12H,10H2,1H3. The van der Waals surface area contributed by atoms with E-state index >= 15 is 0 Å². The molecule has 0 N–H and O–H groups in total. The molecule has 2 unspecified atom stereocenters. The Hall–Kier alpha value is -1.30. The predicted octanol–water partition coefficient (Wildman–Crippen LogP) is 3.67. The highest BCUT2D eigenvalue weighted by molar-refractivity contribution is 5.76. The Morgan fingerprint density at radius 3 is 2.79 bits per heavy atom. The molecule has 2 aliphatic carbocycles. The van der Waals surface area contributed by atoms with Crippen LogP contribution in [-0.4, -0.2) is 0 Å². The highest BCUT2D eigenvalue weighted by Crippen LogP contribution is 2.62. The van der Waals surface area contributed by atoms with Crippen molar-refractivity contribution in [3.8, 4) is 0 Å². The molecule has 0 saturated heterocycles. The zero-order valence-corrected chi connectivity index (χ0v) is 8.40. The zero-order valence-electron chi connectivity index (χ0n) is 8.40. The summed E-state index contributed by atoms with van der Waals surface area (Å²) >= 11 is 0. The van der Waals surface area contributed by atoms with Crippen LogP contribution in [0.2, 0.25) is 0 Å². The Balaban J connectivity index is 2.07. The summed E-state index contributed by atoms with van der Waals surface area (Å²) in [6, 6.07) is 10.7. The molecule has 0 aromatic heterocycles. The molecule has 0 radical (unpaired) electrons. The van der Waals surface area contributed by atoms with Crippen LogP contribution < -0.4 is 0 Å². The summed E-state index contributed by atoms with van der Waals surface area (Å²) in [5, 5.41) is 0. The molecular weight excluding hydrogens is 168 g/mol. The Labute approximate surface area is 85.0 Å². The van der Waals surface area contributed by atoms with Gasteiger partial charge < -0.3 is 0 Å². The highest BCUT2D eigenvalue weighted by Gasteiger charge is 2.51. The molecule has 70 valence electrons. The number of allylic oxidation sites excluding steroid dienone is 4. The molecule has 0 aliphatic heterocycles. The molecule has 14 heavy (non-hydrogen) atoms. The molecule has 1 saturated carbocycles. The van der Waals surface area contributed by atoms with Gasteiger partial charge in [-0.25, -0.2) is 0 Å². The first-order valence-corrected chi connectivity index (χ1v) is 5.25. The molecule has 2 atom stereocenters. The number of rotatable bonds is 1. The summed E-state index contributed by atoms with van der Waals surface area (Å²) in [5.74, 6) is 0.794. The van der Waals surface area contributed by atoms with Crippen LogP contribution in [0.5, 0.6) is 0 Å². The SMILES string of the molecule is CC12CC1C=CC=C2c1ccccc1. The molecule has 3 rings (SSSR count). The molecule has 1 aromatic rings. The lowest BCUT2D eigenvalue weighted by Gasteiger charge is -2.18. The van der Waals surface area contributed by atoms with Gasteiger partial charge in [-0.05, 0) is 28.9 Å². The van der Waals surface area contributed by atoms with Gasteiger partial charge in [0.2, 0.25) is 0 Å². The van der Waals surface area contributed by atoms with Crippen molar-refractivity contribution in [3.63, 3.8) is 0 Å². The van der Waals surface area contributed by atoms with Crippen LogP contribution in [0.15, 0.2) is 48.6 Å². The van der Waals surface area contributed by atoms with Gasteiger partial charge in [-0.15, -0.1) is 0 Å². The van der Waals surface area contributed by atoms with Crippen molar-refractivity contribution in [2.45, 2.75) is 13.3 Å². The van der Waals surface area contributed by atoms with E-state index in [1.165, 1.54) is 17.6 Å². The first-order chi connectivity index (χ1) is 6.81. The molecule has 0 heteroatoms. The van der Waals surface area contributed by atoms with Crippen LogP contribution in [-0.2, 0) is 0 Å². The van der Waals surface area contributed by atoms with E-state index in [0.717, 1.165) is 5.92 Å². The van der Waals surface area contributed by atoms with Crippen molar-refractivity contribution < 1.29 is 0 Å². The Morgan fingerprint density at radius 2 is 2.00 bits per heavy atom. The fraction of sp³-hybridized carbons (Fsp3) is 0.286. The summed E-state index contributed by atoms with van der Waals surface area (Å²) in [6.07, 6.45) is 8.15. The van der Waals surface area contributed by atoms with Crippen LogP contribution in [0.3, 0.4) is 0 Å². The molecule has 1 fully saturated rings. The van der Waals surface area contributed by atoms with Crippen molar-refractivity contribution in [2.75, 3.05) is 0 Å². The fourth-order valence-electron chi connectivity index (χ4n) is 2.51. The van der Waals surface area contributed by atoms with Gasteiger partial charge in [0.15, 0.2) is 0 Å². The van der Waals surface area contributed by atoms with E-state index < -0.39 is 0 Å². The minimum absolute atomic E-state index is 0.441. The Kier molecular flexibility index (Phi) is 1.49. The Morgan fingerprint density at radius 1 is 1.21 bits per heavy atom. The average molecular weight is 182 g/mol. The lowest BCUT2D eigenvalue weighted by Crippen LogP contribution is -2.03. The first-order valence-electron chi connectivity index (χ1n) is 5.25. The average Bonchev–Trinajstić information content (AvgIpc) is 2.90. The van der Waals surface area contributed by atoms with Crippen LogP contribution in [0.1, 0.15) is 18.9 Å². The van der Waals surface area contributed by atoms with E-state index in [9.17, 15) is 0 Å². The molecule has 0 nitrogen and oxygen atoms in total. The topological polar surface area (TPSA) is 0 Å². The second-order valence-electron chi connectivity index (χ2n) is 4.56. The van der Waals surface area contributed by atoms with E-state index in [1.807, 2.05) is 0 Å².